The second-order valence-corrected chi connectivity index (χ2v) is 5.45. The minimum atomic E-state index is -0.279. The number of amides is 1. The van der Waals surface area contributed by atoms with E-state index < -0.39 is 0 Å². The third-order valence-electron chi connectivity index (χ3n) is 3.47. The van der Waals surface area contributed by atoms with Gasteiger partial charge in [-0.3, -0.25) is 4.79 Å². The van der Waals surface area contributed by atoms with E-state index >= 15 is 0 Å². The van der Waals surface area contributed by atoms with Crippen LogP contribution < -0.4 is 10.6 Å². The molecule has 0 aliphatic heterocycles. The largest absolute Gasteiger partial charge is 0.365 e. The summed E-state index contributed by atoms with van der Waals surface area (Å²) in [4.78, 5) is 20.5. The first-order valence-electron chi connectivity index (χ1n) is 7.68. The Morgan fingerprint density at radius 3 is 2.54 bits per heavy atom. The highest BCUT2D eigenvalue weighted by Gasteiger charge is 2.08. The Morgan fingerprint density at radius 1 is 1.00 bits per heavy atom. The maximum atomic E-state index is 12.1. The second kappa shape index (κ2) is 7.37. The first-order valence-corrected chi connectivity index (χ1v) is 7.68. The lowest BCUT2D eigenvalue weighted by atomic mass is 10.1. The zero-order valence-corrected chi connectivity index (χ0v) is 13.4. The van der Waals surface area contributed by atoms with E-state index in [4.69, 9.17) is 0 Å². The normalized spacial score (nSPS) is 10.2. The summed E-state index contributed by atoms with van der Waals surface area (Å²) in [5, 5.41) is 5.98. The number of hydrogen-bond acceptors (Lipinski definition) is 4. The fourth-order valence-corrected chi connectivity index (χ4v) is 2.27. The first-order chi connectivity index (χ1) is 11.7. The molecule has 0 fully saturated rings. The van der Waals surface area contributed by atoms with Gasteiger partial charge in [0.2, 0.25) is 0 Å². The quantitative estimate of drug-likeness (QED) is 0.753. The average molecular weight is 318 g/mol. The minimum absolute atomic E-state index is 0.278. The highest BCUT2D eigenvalue weighted by Crippen LogP contribution is 2.10. The van der Waals surface area contributed by atoms with Gasteiger partial charge in [0.05, 0.1) is 12.4 Å². The van der Waals surface area contributed by atoms with Gasteiger partial charge in [-0.2, -0.15) is 0 Å². The minimum Gasteiger partial charge on any atom is -0.365 e. The molecule has 0 saturated carbocycles. The van der Waals surface area contributed by atoms with Crippen molar-refractivity contribution >= 4 is 17.4 Å². The van der Waals surface area contributed by atoms with Crippen LogP contribution in [0.1, 0.15) is 21.6 Å². The molecule has 2 aromatic carbocycles. The van der Waals surface area contributed by atoms with Gasteiger partial charge in [-0.15, -0.1) is 0 Å². The van der Waals surface area contributed by atoms with Crippen LogP contribution in [0.5, 0.6) is 0 Å². The number of rotatable bonds is 5. The number of hydrogen-bond donors (Lipinski definition) is 2. The van der Waals surface area contributed by atoms with E-state index in [1.165, 1.54) is 17.3 Å². The number of aryl methyl sites for hydroxylation is 1. The Balaban J connectivity index is 1.59. The third kappa shape index (κ3) is 4.16. The molecule has 0 spiro atoms. The van der Waals surface area contributed by atoms with Crippen LogP contribution in [0.15, 0.2) is 67.0 Å². The van der Waals surface area contributed by atoms with Crippen molar-refractivity contribution in [1.82, 2.24) is 9.97 Å². The van der Waals surface area contributed by atoms with Gasteiger partial charge in [-0.25, -0.2) is 9.97 Å². The Bertz CT molecular complexity index is 816. The van der Waals surface area contributed by atoms with Gasteiger partial charge in [-0.1, -0.05) is 48.0 Å². The van der Waals surface area contributed by atoms with Gasteiger partial charge in [-0.05, 0) is 24.6 Å². The molecule has 5 nitrogen and oxygen atoms in total. The van der Waals surface area contributed by atoms with E-state index in [1.54, 1.807) is 6.20 Å². The van der Waals surface area contributed by atoms with Gasteiger partial charge in [0, 0.05) is 12.2 Å². The van der Waals surface area contributed by atoms with Crippen LogP contribution in [-0.4, -0.2) is 15.9 Å². The van der Waals surface area contributed by atoms with E-state index in [2.05, 4.69) is 45.7 Å². The van der Waals surface area contributed by atoms with Gasteiger partial charge >= 0.3 is 0 Å². The lowest BCUT2D eigenvalue weighted by Crippen LogP contribution is -2.14. The number of aromatic nitrogens is 2. The number of nitrogens with one attached hydrogen (secondary N) is 2. The molecule has 0 aliphatic carbocycles. The molecular weight excluding hydrogens is 300 g/mol. The molecule has 1 heterocycles. The molecule has 0 unspecified atom stereocenters. The Morgan fingerprint density at radius 2 is 1.83 bits per heavy atom. The maximum absolute atomic E-state index is 12.1. The van der Waals surface area contributed by atoms with E-state index in [-0.39, 0.29) is 11.6 Å². The summed E-state index contributed by atoms with van der Waals surface area (Å²) in [5.74, 6) is 0.353. The predicted molar refractivity (Wildman–Crippen MR) is 94.9 cm³/mol. The van der Waals surface area contributed by atoms with Crippen LogP contribution in [0, 0.1) is 6.92 Å². The van der Waals surface area contributed by atoms with E-state index in [0.717, 1.165) is 5.69 Å². The molecular formula is C19H18N4O. The van der Waals surface area contributed by atoms with Crippen LogP contribution in [0.25, 0.3) is 0 Å². The van der Waals surface area contributed by atoms with Crippen molar-refractivity contribution in [3.05, 3.63) is 83.8 Å². The number of para-hydroxylation sites is 1. The molecule has 5 heteroatoms. The summed E-state index contributed by atoms with van der Waals surface area (Å²) in [6, 6.07) is 17.5. The standard InChI is InChI=1S/C19H18N4O/c1-14-6-5-7-15(10-14)11-21-18-13-20-17(12-22-18)19(24)23-16-8-3-2-4-9-16/h2-10,12-13H,11H2,1H3,(H,21,22)(H,23,24). The summed E-state index contributed by atoms with van der Waals surface area (Å²) < 4.78 is 0. The Kier molecular flexibility index (Phi) is 4.81. The number of carbonyl (C=O) groups excluding carboxylic acids is 1. The molecule has 1 amide bonds. The average Bonchev–Trinajstić information content (AvgIpc) is 2.61. The molecule has 0 radical (unpaired) electrons. The van der Waals surface area contributed by atoms with Gasteiger partial charge < -0.3 is 10.6 Å². The molecule has 0 bridgehead atoms. The van der Waals surface area contributed by atoms with Crippen molar-refractivity contribution in [1.29, 1.82) is 0 Å². The molecule has 120 valence electrons. The summed E-state index contributed by atoms with van der Waals surface area (Å²) in [6.45, 7) is 2.72. The zero-order chi connectivity index (χ0) is 16.8. The molecule has 3 rings (SSSR count). The van der Waals surface area contributed by atoms with Crippen LogP contribution in [0.4, 0.5) is 11.5 Å². The molecule has 0 atom stereocenters. The van der Waals surface area contributed by atoms with Gasteiger partial charge in [0.1, 0.15) is 11.5 Å². The van der Waals surface area contributed by atoms with Gasteiger partial charge in [0.15, 0.2) is 0 Å². The van der Waals surface area contributed by atoms with Crippen LogP contribution >= 0.6 is 0 Å². The molecule has 1 aromatic heterocycles. The monoisotopic (exact) mass is 318 g/mol. The SMILES string of the molecule is Cc1cccc(CNc2cnc(C(=O)Nc3ccccc3)cn2)c1. The Hall–Kier alpha value is -3.21. The maximum Gasteiger partial charge on any atom is 0.275 e. The fraction of sp³-hybridized carbons (Fsp3) is 0.105. The summed E-state index contributed by atoms with van der Waals surface area (Å²) >= 11 is 0. The zero-order valence-electron chi connectivity index (χ0n) is 13.4. The van der Waals surface area contributed by atoms with Crippen molar-refractivity contribution in [2.24, 2.45) is 0 Å². The van der Waals surface area contributed by atoms with Crippen molar-refractivity contribution in [3.8, 4) is 0 Å². The predicted octanol–water partition coefficient (Wildman–Crippen LogP) is 3.65. The van der Waals surface area contributed by atoms with Crippen LogP contribution in [-0.2, 0) is 6.54 Å². The van der Waals surface area contributed by atoms with Crippen LogP contribution in [0.2, 0.25) is 0 Å². The molecule has 0 saturated heterocycles. The number of benzene rings is 2. The molecule has 3 aromatic rings. The van der Waals surface area contributed by atoms with Crippen molar-refractivity contribution in [3.63, 3.8) is 0 Å². The topological polar surface area (TPSA) is 66.9 Å². The number of carbonyl (C=O) groups is 1. The van der Waals surface area contributed by atoms with Crippen molar-refractivity contribution in [2.75, 3.05) is 10.6 Å². The lowest BCUT2D eigenvalue weighted by Gasteiger charge is -2.07. The number of anilines is 2. The highest BCUT2D eigenvalue weighted by molar-refractivity contribution is 6.02. The molecule has 24 heavy (non-hydrogen) atoms. The summed E-state index contributed by atoms with van der Waals surface area (Å²) in [5.41, 5.74) is 3.39. The summed E-state index contributed by atoms with van der Waals surface area (Å²) in [7, 11) is 0. The van der Waals surface area contributed by atoms with Crippen molar-refractivity contribution in [2.45, 2.75) is 13.5 Å². The second-order valence-electron chi connectivity index (χ2n) is 5.45. The highest BCUT2D eigenvalue weighted by atomic mass is 16.1. The molecule has 0 aliphatic rings. The first kappa shape index (κ1) is 15.7. The van der Waals surface area contributed by atoms with E-state index in [0.29, 0.717) is 12.4 Å². The Labute approximate surface area is 140 Å². The van der Waals surface area contributed by atoms with Crippen molar-refractivity contribution < 1.29 is 4.79 Å². The molecule has 2 N–H and O–H groups in total. The smallest absolute Gasteiger partial charge is 0.275 e. The van der Waals surface area contributed by atoms with Gasteiger partial charge in [0.25, 0.3) is 5.91 Å². The fourth-order valence-electron chi connectivity index (χ4n) is 2.27. The van der Waals surface area contributed by atoms with Crippen LogP contribution in [0.3, 0.4) is 0 Å². The third-order valence-corrected chi connectivity index (χ3v) is 3.47. The summed E-state index contributed by atoms with van der Waals surface area (Å²) in [6.07, 6.45) is 3.03. The number of nitrogens with zero attached hydrogens (tertiary/aromatic N) is 2. The lowest BCUT2D eigenvalue weighted by molar-refractivity contribution is 0.102. The van der Waals surface area contributed by atoms with E-state index in [1.807, 2.05) is 36.4 Å². The van der Waals surface area contributed by atoms with E-state index in [9.17, 15) is 4.79 Å².